The van der Waals surface area contributed by atoms with Crippen LogP contribution in [0.3, 0.4) is 0 Å². The van der Waals surface area contributed by atoms with Crippen LogP contribution in [0.25, 0.3) is 0 Å². The van der Waals surface area contributed by atoms with Crippen LogP contribution in [-0.4, -0.2) is 22.7 Å². The van der Waals surface area contributed by atoms with Crippen LogP contribution in [0, 0.1) is 22.8 Å². The van der Waals surface area contributed by atoms with E-state index in [0.29, 0.717) is 40.5 Å². The molecule has 2 rings (SSSR count). The zero-order valence-electron chi connectivity index (χ0n) is 16.2. The molecule has 7 nitrogen and oxygen atoms in total. The number of nitrogens with zero attached hydrogens (tertiary/aromatic N) is 6. The fraction of sp³-hybridized carbons (Fsp3) is 0.421. The number of aromatic nitrogens is 2. The SMILES string of the molecule is COc1ccc(Cl)cc1C(/N=c1\sc(C(C)(C)C)nn1CCCC#N)=N\C#N. The van der Waals surface area contributed by atoms with Crippen LogP contribution in [-0.2, 0) is 12.0 Å². The minimum Gasteiger partial charge on any atom is -0.496 e. The molecule has 0 amide bonds. The van der Waals surface area contributed by atoms with E-state index in [1.54, 1.807) is 29.1 Å². The number of unbranched alkanes of at least 4 members (excludes halogenated alkanes) is 1. The van der Waals surface area contributed by atoms with Crippen LogP contribution < -0.4 is 9.54 Å². The molecule has 0 aliphatic heterocycles. The molecule has 0 bridgehead atoms. The van der Waals surface area contributed by atoms with Crippen molar-refractivity contribution < 1.29 is 4.74 Å². The quantitative estimate of drug-likeness (QED) is 0.318. The second kappa shape index (κ2) is 9.50. The van der Waals surface area contributed by atoms with E-state index in [1.165, 1.54) is 18.4 Å². The Bertz CT molecular complexity index is 1020. The highest BCUT2D eigenvalue weighted by atomic mass is 35.5. The van der Waals surface area contributed by atoms with E-state index in [4.69, 9.17) is 26.9 Å². The highest BCUT2D eigenvalue weighted by Crippen LogP contribution is 2.25. The van der Waals surface area contributed by atoms with E-state index in [2.05, 4.69) is 41.9 Å². The van der Waals surface area contributed by atoms with Crippen LogP contribution in [0.4, 0.5) is 0 Å². The van der Waals surface area contributed by atoms with Gasteiger partial charge in [0, 0.05) is 23.4 Å². The lowest BCUT2D eigenvalue weighted by atomic mass is 9.98. The van der Waals surface area contributed by atoms with Gasteiger partial charge in [0.1, 0.15) is 10.8 Å². The lowest BCUT2D eigenvalue weighted by molar-refractivity contribution is 0.414. The molecule has 0 saturated heterocycles. The van der Waals surface area contributed by atoms with Crippen LogP contribution in [0.1, 0.15) is 44.2 Å². The lowest BCUT2D eigenvalue weighted by Gasteiger charge is -2.12. The summed E-state index contributed by atoms with van der Waals surface area (Å²) in [4.78, 5) is 9.08. The van der Waals surface area contributed by atoms with Gasteiger partial charge in [0.2, 0.25) is 11.0 Å². The summed E-state index contributed by atoms with van der Waals surface area (Å²) in [6, 6.07) is 7.19. The number of rotatable bonds is 5. The van der Waals surface area contributed by atoms with Gasteiger partial charge in [-0.2, -0.15) is 25.6 Å². The number of methoxy groups -OCH3 is 1. The van der Waals surface area contributed by atoms with Crippen molar-refractivity contribution in [1.29, 1.82) is 10.5 Å². The van der Waals surface area contributed by atoms with E-state index in [1.807, 2.05) is 0 Å². The smallest absolute Gasteiger partial charge is 0.209 e. The zero-order chi connectivity index (χ0) is 20.7. The molecule has 146 valence electrons. The number of nitriles is 2. The summed E-state index contributed by atoms with van der Waals surface area (Å²) in [6.45, 7) is 6.75. The molecular weight excluding hydrogens is 396 g/mol. The Morgan fingerprint density at radius 3 is 2.71 bits per heavy atom. The first kappa shape index (κ1) is 21.6. The molecule has 9 heteroatoms. The number of aliphatic imine (C=N–C) groups is 1. The molecule has 0 fully saturated rings. The molecule has 28 heavy (non-hydrogen) atoms. The van der Waals surface area contributed by atoms with Crippen molar-refractivity contribution in [3.05, 3.63) is 38.6 Å². The first-order valence-electron chi connectivity index (χ1n) is 8.61. The largest absolute Gasteiger partial charge is 0.496 e. The first-order chi connectivity index (χ1) is 13.3. The van der Waals surface area contributed by atoms with Crippen molar-refractivity contribution in [3.8, 4) is 18.0 Å². The predicted molar refractivity (Wildman–Crippen MR) is 109 cm³/mol. The van der Waals surface area contributed by atoms with Crippen molar-refractivity contribution in [2.75, 3.05) is 7.11 Å². The summed E-state index contributed by atoms with van der Waals surface area (Å²) in [6.07, 6.45) is 2.88. The average Bonchev–Trinajstić information content (AvgIpc) is 3.05. The van der Waals surface area contributed by atoms with Crippen molar-refractivity contribution in [2.24, 2.45) is 9.98 Å². The van der Waals surface area contributed by atoms with Crippen molar-refractivity contribution in [2.45, 2.75) is 45.6 Å². The normalized spacial score (nSPS) is 12.5. The topological polar surface area (TPSA) is 99.3 Å². The van der Waals surface area contributed by atoms with Gasteiger partial charge in [-0.1, -0.05) is 43.7 Å². The Morgan fingerprint density at radius 2 is 2.11 bits per heavy atom. The number of amidine groups is 1. The summed E-state index contributed by atoms with van der Waals surface area (Å²) in [5.74, 6) is 0.707. The molecule has 1 aromatic carbocycles. The minimum absolute atomic E-state index is 0.157. The fourth-order valence-electron chi connectivity index (χ4n) is 2.29. The summed E-state index contributed by atoms with van der Waals surface area (Å²) in [5, 5.41) is 24.0. The molecule has 0 spiro atoms. The molecule has 0 N–H and O–H groups in total. The Balaban J connectivity index is 2.63. The van der Waals surface area contributed by atoms with Gasteiger partial charge in [0.05, 0.1) is 18.7 Å². The molecule has 0 atom stereocenters. The molecule has 2 aromatic rings. The number of halogens is 1. The van der Waals surface area contributed by atoms with E-state index in [0.717, 1.165) is 5.01 Å². The van der Waals surface area contributed by atoms with Crippen LogP contribution in [0.15, 0.2) is 28.2 Å². The number of hydrogen-bond donors (Lipinski definition) is 0. The average molecular weight is 417 g/mol. The van der Waals surface area contributed by atoms with Gasteiger partial charge in [-0.15, -0.1) is 0 Å². The Hall–Kier alpha value is -2.68. The van der Waals surface area contributed by atoms with Gasteiger partial charge >= 0.3 is 0 Å². The van der Waals surface area contributed by atoms with Gasteiger partial charge in [-0.25, -0.2) is 4.68 Å². The summed E-state index contributed by atoms with van der Waals surface area (Å²) in [7, 11) is 1.53. The van der Waals surface area contributed by atoms with E-state index < -0.39 is 0 Å². The molecule has 1 heterocycles. The fourth-order valence-corrected chi connectivity index (χ4v) is 3.45. The van der Waals surface area contributed by atoms with Gasteiger partial charge in [-0.3, -0.25) is 0 Å². The van der Waals surface area contributed by atoms with Gasteiger partial charge < -0.3 is 4.74 Å². The highest BCUT2D eigenvalue weighted by Gasteiger charge is 2.20. The van der Waals surface area contributed by atoms with Crippen LogP contribution >= 0.6 is 22.9 Å². The van der Waals surface area contributed by atoms with Crippen LogP contribution in [0.2, 0.25) is 5.02 Å². The number of ether oxygens (including phenoxy) is 1. The number of hydrogen-bond acceptors (Lipinski definition) is 6. The molecule has 0 saturated carbocycles. The Kier molecular flexibility index (Phi) is 7.33. The molecule has 0 unspecified atom stereocenters. The van der Waals surface area contributed by atoms with E-state index in [-0.39, 0.29) is 11.3 Å². The molecule has 0 aliphatic carbocycles. The van der Waals surface area contributed by atoms with Gasteiger partial charge in [0.25, 0.3) is 0 Å². The third-order valence-corrected chi connectivity index (χ3v) is 5.29. The number of aryl methyl sites for hydroxylation is 1. The summed E-state index contributed by atoms with van der Waals surface area (Å²) in [5.41, 5.74) is 0.362. The minimum atomic E-state index is -0.157. The predicted octanol–water partition coefficient (Wildman–Crippen LogP) is 4.04. The van der Waals surface area contributed by atoms with Gasteiger partial charge in [0.15, 0.2) is 5.84 Å². The zero-order valence-corrected chi connectivity index (χ0v) is 17.8. The number of benzene rings is 1. The third-order valence-electron chi connectivity index (χ3n) is 3.68. The van der Waals surface area contributed by atoms with Crippen LogP contribution in [0.5, 0.6) is 5.75 Å². The second-order valence-electron chi connectivity index (χ2n) is 6.92. The maximum Gasteiger partial charge on any atom is 0.209 e. The first-order valence-corrected chi connectivity index (χ1v) is 9.80. The van der Waals surface area contributed by atoms with Gasteiger partial charge in [-0.05, 0) is 24.6 Å². The second-order valence-corrected chi connectivity index (χ2v) is 8.31. The van der Waals surface area contributed by atoms with Crippen molar-refractivity contribution in [3.63, 3.8) is 0 Å². The summed E-state index contributed by atoms with van der Waals surface area (Å²) < 4.78 is 7.13. The maximum atomic E-state index is 9.16. The maximum absolute atomic E-state index is 9.16. The van der Waals surface area contributed by atoms with Crippen molar-refractivity contribution >= 4 is 28.8 Å². The molecular formula is C19H21ClN6OS. The highest BCUT2D eigenvalue weighted by molar-refractivity contribution is 7.09. The monoisotopic (exact) mass is 416 g/mol. The molecule has 0 radical (unpaired) electrons. The van der Waals surface area contributed by atoms with Crippen molar-refractivity contribution in [1.82, 2.24) is 9.78 Å². The Morgan fingerprint density at radius 1 is 1.36 bits per heavy atom. The summed E-state index contributed by atoms with van der Waals surface area (Å²) >= 11 is 7.55. The van der Waals surface area contributed by atoms with E-state index in [9.17, 15) is 0 Å². The lowest BCUT2D eigenvalue weighted by Crippen LogP contribution is -2.19. The van der Waals surface area contributed by atoms with E-state index >= 15 is 0 Å². The third kappa shape index (κ3) is 5.41. The Labute approximate surface area is 173 Å². The molecule has 1 aromatic heterocycles. The molecule has 0 aliphatic rings. The standard InChI is InChI=1S/C19H21ClN6OS/c1-19(2,3)17-25-26(10-6-5-9-21)18(28-17)24-16(23-12-22)14-11-13(20)7-8-15(14)27-4/h7-8,11H,5-6,10H2,1-4H3/b23-16+,24-18-.